The number of thiazole rings is 1. The quantitative estimate of drug-likeness (QED) is 0.592. The summed E-state index contributed by atoms with van der Waals surface area (Å²) in [6.07, 6.45) is 3.87. The molecule has 124 valence electrons. The van der Waals surface area contributed by atoms with Gasteiger partial charge in [-0.1, -0.05) is 30.7 Å². The minimum absolute atomic E-state index is 0.608. The highest BCUT2D eigenvalue weighted by molar-refractivity contribution is 7.11. The Bertz CT molecular complexity index is 639. The average molecular weight is 351 g/mol. The lowest BCUT2D eigenvalue weighted by Crippen LogP contribution is -2.38. The normalized spacial score (nSPS) is 11.5. The first kappa shape index (κ1) is 17.8. The van der Waals surface area contributed by atoms with Gasteiger partial charge in [-0.25, -0.2) is 9.98 Å². The lowest BCUT2D eigenvalue weighted by atomic mass is 10.1. The maximum atomic E-state index is 6.01. The smallest absolute Gasteiger partial charge is 0.191 e. The van der Waals surface area contributed by atoms with E-state index in [-0.39, 0.29) is 0 Å². The van der Waals surface area contributed by atoms with E-state index in [1.54, 1.807) is 11.3 Å². The molecule has 23 heavy (non-hydrogen) atoms. The highest BCUT2D eigenvalue weighted by atomic mass is 35.5. The Kier molecular flexibility index (Phi) is 7.36. The molecule has 4 nitrogen and oxygen atoms in total. The highest BCUT2D eigenvalue weighted by Gasteiger charge is 2.02. The fourth-order valence-corrected chi connectivity index (χ4v) is 3.09. The summed E-state index contributed by atoms with van der Waals surface area (Å²) in [7, 11) is 0. The zero-order chi connectivity index (χ0) is 16.5. The van der Waals surface area contributed by atoms with E-state index in [2.05, 4.69) is 40.5 Å². The first-order valence-electron chi connectivity index (χ1n) is 7.91. The van der Waals surface area contributed by atoms with E-state index in [0.29, 0.717) is 6.54 Å². The Balaban J connectivity index is 1.86. The van der Waals surface area contributed by atoms with Crippen molar-refractivity contribution in [1.29, 1.82) is 0 Å². The zero-order valence-electron chi connectivity index (χ0n) is 13.6. The molecule has 1 aromatic heterocycles. The van der Waals surface area contributed by atoms with Crippen LogP contribution in [0, 0.1) is 0 Å². The van der Waals surface area contributed by atoms with Crippen molar-refractivity contribution in [2.75, 3.05) is 13.1 Å². The van der Waals surface area contributed by atoms with Gasteiger partial charge < -0.3 is 10.6 Å². The first-order chi connectivity index (χ1) is 11.2. The largest absolute Gasteiger partial charge is 0.357 e. The molecule has 0 aliphatic heterocycles. The SMILES string of the molecule is CCNC(=NCc1ncc(CC)s1)NCCc1cccc(Cl)c1. The molecule has 1 heterocycles. The molecule has 0 bridgehead atoms. The van der Waals surface area contributed by atoms with Crippen LogP contribution >= 0.6 is 22.9 Å². The van der Waals surface area contributed by atoms with Gasteiger partial charge in [-0.15, -0.1) is 11.3 Å². The van der Waals surface area contributed by atoms with Crippen LogP contribution in [0.4, 0.5) is 0 Å². The molecule has 6 heteroatoms. The van der Waals surface area contributed by atoms with E-state index in [4.69, 9.17) is 11.6 Å². The van der Waals surface area contributed by atoms with Crippen molar-refractivity contribution in [1.82, 2.24) is 15.6 Å². The topological polar surface area (TPSA) is 49.3 Å². The van der Waals surface area contributed by atoms with Crippen molar-refractivity contribution in [3.8, 4) is 0 Å². The van der Waals surface area contributed by atoms with Crippen LogP contribution < -0.4 is 10.6 Å². The number of hydrogen-bond donors (Lipinski definition) is 2. The van der Waals surface area contributed by atoms with E-state index < -0.39 is 0 Å². The van der Waals surface area contributed by atoms with Gasteiger partial charge >= 0.3 is 0 Å². The van der Waals surface area contributed by atoms with Crippen LogP contribution in [0.15, 0.2) is 35.5 Å². The Labute approximate surface area is 147 Å². The fraction of sp³-hybridized carbons (Fsp3) is 0.412. The van der Waals surface area contributed by atoms with Crippen LogP contribution in [0.2, 0.25) is 5.02 Å². The van der Waals surface area contributed by atoms with E-state index in [1.165, 1.54) is 10.4 Å². The number of aryl methyl sites for hydroxylation is 1. The molecule has 2 N–H and O–H groups in total. The zero-order valence-corrected chi connectivity index (χ0v) is 15.2. The Morgan fingerprint density at radius 1 is 1.30 bits per heavy atom. The van der Waals surface area contributed by atoms with E-state index in [9.17, 15) is 0 Å². The molecule has 0 atom stereocenters. The Morgan fingerprint density at radius 2 is 2.17 bits per heavy atom. The molecule has 0 unspecified atom stereocenters. The van der Waals surface area contributed by atoms with Gasteiger partial charge in [0.2, 0.25) is 0 Å². The van der Waals surface area contributed by atoms with Crippen LogP contribution in [-0.4, -0.2) is 24.0 Å². The van der Waals surface area contributed by atoms with Crippen LogP contribution in [0.25, 0.3) is 0 Å². The molecule has 2 rings (SSSR count). The summed E-state index contributed by atoms with van der Waals surface area (Å²) in [4.78, 5) is 10.3. The van der Waals surface area contributed by atoms with Gasteiger partial charge in [0.05, 0.1) is 6.54 Å². The molecule has 0 saturated heterocycles. The molecule has 0 spiro atoms. The molecule has 1 aromatic carbocycles. The van der Waals surface area contributed by atoms with Gasteiger partial charge in [0.15, 0.2) is 5.96 Å². The van der Waals surface area contributed by atoms with Crippen molar-refractivity contribution >= 4 is 28.9 Å². The second-order valence-electron chi connectivity index (χ2n) is 5.08. The summed E-state index contributed by atoms with van der Waals surface area (Å²) in [6, 6.07) is 7.95. The third kappa shape index (κ3) is 6.20. The lowest BCUT2D eigenvalue weighted by molar-refractivity contribution is 0.799. The molecule has 0 aliphatic rings. The van der Waals surface area contributed by atoms with E-state index >= 15 is 0 Å². The second-order valence-corrected chi connectivity index (χ2v) is 6.71. The summed E-state index contributed by atoms with van der Waals surface area (Å²) < 4.78 is 0. The second kappa shape index (κ2) is 9.53. The number of aliphatic imine (C=N–C) groups is 1. The number of nitrogens with one attached hydrogen (secondary N) is 2. The minimum atomic E-state index is 0.608. The van der Waals surface area contributed by atoms with Gasteiger partial charge in [0.25, 0.3) is 0 Å². The molecular formula is C17H23ClN4S. The number of rotatable bonds is 7. The number of hydrogen-bond acceptors (Lipinski definition) is 3. The van der Waals surface area contributed by atoms with Crippen LogP contribution in [0.1, 0.15) is 29.3 Å². The van der Waals surface area contributed by atoms with Gasteiger partial charge in [-0.3, -0.25) is 0 Å². The molecule has 0 fully saturated rings. The number of aromatic nitrogens is 1. The van der Waals surface area contributed by atoms with Gasteiger partial charge in [0, 0.05) is 29.2 Å². The van der Waals surface area contributed by atoms with Crippen LogP contribution in [0.5, 0.6) is 0 Å². The van der Waals surface area contributed by atoms with Crippen molar-refractivity contribution in [2.45, 2.75) is 33.2 Å². The molecule has 2 aromatic rings. The van der Waals surface area contributed by atoms with Gasteiger partial charge in [0.1, 0.15) is 5.01 Å². The summed E-state index contributed by atoms with van der Waals surface area (Å²) in [5.74, 6) is 0.822. The number of nitrogens with zero attached hydrogens (tertiary/aromatic N) is 2. The predicted octanol–water partition coefficient (Wildman–Crippen LogP) is 3.66. The Hall–Kier alpha value is -1.59. The summed E-state index contributed by atoms with van der Waals surface area (Å²) in [6.45, 7) is 6.46. The third-order valence-corrected chi connectivity index (χ3v) is 4.62. The Morgan fingerprint density at radius 3 is 2.87 bits per heavy atom. The van der Waals surface area contributed by atoms with Gasteiger partial charge in [-0.05, 0) is 37.5 Å². The van der Waals surface area contributed by atoms with E-state index in [1.807, 2.05) is 24.4 Å². The molecule has 0 amide bonds. The third-order valence-electron chi connectivity index (χ3n) is 3.26. The average Bonchev–Trinajstić information content (AvgIpc) is 3.01. The first-order valence-corrected chi connectivity index (χ1v) is 9.11. The number of guanidine groups is 1. The summed E-state index contributed by atoms with van der Waals surface area (Å²) >= 11 is 7.73. The standard InChI is InChI=1S/C17H23ClN4S/c1-3-15-11-21-16(23-15)12-22-17(19-4-2)20-9-8-13-6-5-7-14(18)10-13/h5-7,10-11H,3-4,8-9,12H2,1-2H3,(H2,19,20,22). The van der Waals surface area contributed by atoms with E-state index in [0.717, 1.165) is 41.9 Å². The minimum Gasteiger partial charge on any atom is -0.357 e. The monoisotopic (exact) mass is 350 g/mol. The van der Waals surface area contributed by atoms with Crippen LogP contribution in [-0.2, 0) is 19.4 Å². The number of benzene rings is 1. The highest BCUT2D eigenvalue weighted by Crippen LogP contribution is 2.14. The maximum absolute atomic E-state index is 6.01. The molecular weight excluding hydrogens is 328 g/mol. The molecule has 0 radical (unpaired) electrons. The lowest BCUT2D eigenvalue weighted by Gasteiger charge is -2.11. The maximum Gasteiger partial charge on any atom is 0.191 e. The summed E-state index contributed by atoms with van der Waals surface area (Å²) in [5, 5.41) is 8.44. The van der Waals surface area contributed by atoms with Gasteiger partial charge in [-0.2, -0.15) is 0 Å². The van der Waals surface area contributed by atoms with Crippen molar-refractivity contribution in [3.63, 3.8) is 0 Å². The molecule has 0 saturated carbocycles. The van der Waals surface area contributed by atoms with Crippen molar-refractivity contribution in [3.05, 3.63) is 50.9 Å². The summed E-state index contributed by atoms with van der Waals surface area (Å²) in [5.41, 5.74) is 1.22. The fourth-order valence-electron chi connectivity index (χ4n) is 2.09. The molecule has 0 aliphatic carbocycles. The predicted molar refractivity (Wildman–Crippen MR) is 99.5 cm³/mol. The van der Waals surface area contributed by atoms with Crippen LogP contribution in [0.3, 0.4) is 0 Å². The van der Waals surface area contributed by atoms with Crippen molar-refractivity contribution < 1.29 is 0 Å². The van der Waals surface area contributed by atoms with Crippen molar-refractivity contribution in [2.24, 2.45) is 4.99 Å². The number of halogens is 1.